The molecule has 0 radical (unpaired) electrons. The number of hydrogen-bond acceptors (Lipinski definition) is 2. The van der Waals surface area contributed by atoms with Crippen LogP contribution in [0.2, 0.25) is 5.02 Å². The summed E-state index contributed by atoms with van der Waals surface area (Å²) in [4.78, 5) is 16.9. The van der Waals surface area contributed by atoms with E-state index in [0.29, 0.717) is 11.4 Å². The van der Waals surface area contributed by atoms with Gasteiger partial charge in [-0.25, -0.2) is 14.2 Å². The molecular formula is C21H16ClFN4O. The van der Waals surface area contributed by atoms with Crippen LogP contribution in [-0.4, -0.2) is 15.4 Å². The van der Waals surface area contributed by atoms with Crippen molar-refractivity contribution >= 4 is 34.7 Å². The lowest BCUT2D eigenvalue weighted by Gasteiger charge is -2.09. The smallest absolute Gasteiger partial charge is 0.308 e. The molecule has 0 saturated carbocycles. The Morgan fingerprint density at radius 1 is 1.07 bits per heavy atom. The van der Waals surface area contributed by atoms with E-state index in [1.165, 1.54) is 18.2 Å². The van der Waals surface area contributed by atoms with Gasteiger partial charge in [0.05, 0.1) is 10.7 Å². The molecule has 0 spiro atoms. The fourth-order valence-electron chi connectivity index (χ4n) is 2.92. The molecule has 0 aliphatic carbocycles. The number of halogens is 2. The molecule has 7 heteroatoms. The molecule has 2 aromatic heterocycles. The SMILES string of the molecule is Cc1cccn2cc(-c3cccc(NC(=O)Nc4ccc(F)c(Cl)c4)c3)nc12. The molecular weight excluding hydrogens is 379 g/mol. The zero-order chi connectivity index (χ0) is 19.7. The second kappa shape index (κ2) is 7.32. The Kier molecular flexibility index (Phi) is 4.71. The van der Waals surface area contributed by atoms with E-state index in [9.17, 15) is 9.18 Å². The fourth-order valence-corrected chi connectivity index (χ4v) is 3.10. The van der Waals surface area contributed by atoms with Gasteiger partial charge in [-0.15, -0.1) is 0 Å². The lowest BCUT2D eigenvalue weighted by Crippen LogP contribution is -2.19. The molecule has 0 saturated heterocycles. The molecule has 2 aromatic carbocycles. The highest BCUT2D eigenvalue weighted by Gasteiger charge is 2.09. The van der Waals surface area contributed by atoms with Crippen molar-refractivity contribution in [3.8, 4) is 11.3 Å². The van der Waals surface area contributed by atoms with Crippen molar-refractivity contribution in [1.82, 2.24) is 9.38 Å². The van der Waals surface area contributed by atoms with Crippen molar-refractivity contribution in [2.24, 2.45) is 0 Å². The van der Waals surface area contributed by atoms with Gasteiger partial charge >= 0.3 is 6.03 Å². The van der Waals surface area contributed by atoms with Gasteiger partial charge in [-0.05, 0) is 48.9 Å². The van der Waals surface area contributed by atoms with E-state index < -0.39 is 11.8 Å². The van der Waals surface area contributed by atoms with Crippen LogP contribution in [0.15, 0.2) is 67.0 Å². The number of amides is 2. The van der Waals surface area contributed by atoms with Crippen LogP contribution in [0.5, 0.6) is 0 Å². The fraction of sp³-hybridized carbons (Fsp3) is 0.0476. The molecule has 140 valence electrons. The van der Waals surface area contributed by atoms with E-state index in [4.69, 9.17) is 11.6 Å². The first-order valence-electron chi connectivity index (χ1n) is 8.57. The number of benzene rings is 2. The molecule has 0 fully saturated rings. The number of hydrogen-bond donors (Lipinski definition) is 2. The number of pyridine rings is 1. The van der Waals surface area contributed by atoms with Gasteiger partial charge in [-0.1, -0.05) is 29.8 Å². The molecule has 0 aliphatic heterocycles. The maximum Gasteiger partial charge on any atom is 0.323 e. The van der Waals surface area contributed by atoms with Gasteiger partial charge in [0.1, 0.15) is 11.5 Å². The summed E-state index contributed by atoms with van der Waals surface area (Å²) in [7, 11) is 0. The van der Waals surface area contributed by atoms with Gasteiger partial charge in [-0.3, -0.25) is 0 Å². The predicted molar refractivity (Wildman–Crippen MR) is 109 cm³/mol. The van der Waals surface area contributed by atoms with Crippen molar-refractivity contribution in [3.05, 3.63) is 83.4 Å². The van der Waals surface area contributed by atoms with Crippen LogP contribution in [0, 0.1) is 12.7 Å². The number of aromatic nitrogens is 2. The molecule has 0 aliphatic rings. The molecule has 0 atom stereocenters. The van der Waals surface area contributed by atoms with E-state index >= 15 is 0 Å². The molecule has 5 nitrogen and oxygen atoms in total. The van der Waals surface area contributed by atoms with Crippen LogP contribution in [0.1, 0.15) is 5.56 Å². The molecule has 0 bridgehead atoms. The Bertz CT molecular complexity index is 1190. The minimum absolute atomic E-state index is 0.0538. The molecule has 2 heterocycles. The van der Waals surface area contributed by atoms with Crippen molar-refractivity contribution in [2.45, 2.75) is 6.92 Å². The van der Waals surface area contributed by atoms with Gasteiger partial charge in [0.15, 0.2) is 0 Å². The number of nitrogens with one attached hydrogen (secondary N) is 2. The summed E-state index contributed by atoms with van der Waals surface area (Å²) in [6.07, 6.45) is 3.89. The number of nitrogens with zero attached hydrogens (tertiary/aromatic N) is 2. The van der Waals surface area contributed by atoms with E-state index in [-0.39, 0.29) is 5.02 Å². The van der Waals surface area contributed by atoms with Crippen LogP contribution in [0.25, 0.3) is 16.9 Å². The predicted octanol–water partition coefficient (Wildman–Crippen LogP) is 5.75. The maximum absolute atomic E-state index is 13.2. The number of aryl methyl sites for hydroxylation is 1. The van der Waals surface area contributed by atoms with Crippen molar-refractivity contribution in [2.75, 3.05) is 10.6 Å². The summed E-state index contributed by atoms with van der Waals surface area (Å²) < 4.78 is 15.2. The molecule has 28 heavy (non-hydrogen) atoms. The number of carbonyl (C=O) groups excluding carboxylic acids is 1. The van der Waals surface area contributed by atoms with Crippen molar-refractivity contribution < 1.29 is 9.18 Å². The van der Waals surface area contributed by atoms with Crippen molar-refractivity contribution in [1.29, 1.82) is 0 Å². The molecule has 4 rings (SSSR count). The Morgan fingerprint density at radius 3 is 2.61 bits per heavy atom. The topological polar surface area (TPSA) is 58.4 Å². The first kappa shape index (κ1) is 18.0. The molecule has 2 amide bonds. The number of anilines is 2. The number of rotatable bonds is 3. The average Bonchev–Trinajstić information content (AvgIpc) is 3.11. The summed E-state index contributed by atoms with van der Waals surface area (Å²) in [5.74, 6) is -0.539. The lowest BCUT2D eigenvalue weighted by atomic mass is 10.1. The summed E-state index contributed by atoms with van der Waals surface area (Å²) in [6.45, 7) is 2.01. The highest BCUT2D eigenvalue weighted by molar-refractivity contribution is 6.31. The Hall–Kier alpha value is -3.38. The largest absolute Gasteiger partial charge is 0.323 e. The molecule has 0 unspecified atom stereocenters. The van der Waals surface area contributed by atoms with Gasteiger partial charge in [0.2, 0.25) is 0 Å². The summed E-state index contributed by atoms with van der Waals surface area (Å²) >= 11 is 5.74. The quantitative estimate of drug-likeness (QED) is 0.465. The number of fused-ring (bicyclic) bond motifs is 1. The third kappa shape index (κ3) is 3.68. The van der Waals surface area contributed by atoms with Crippen LogP contribution >= 0.6 is 11.6 Å². The van der Waals surface area contributed by atoms with E-state index in [2.05, 4.69) is 15.6 Å². The Balaban J connectivity index is 1.53. The second-order valence-corrected chi connectivity index (χ2v) is 6.74. The minimum atomic E-state index is -0.539. The van der Waals surface area contributed by atoms with Gasteiger partial charge in [0.25, 0.3) is 0 Å². The minimum Gasteiger partial charge on any atom is -0.308 e. The summed E-state index contributed by atoms with van der Waals surface area (Å²) in [6, 6.07) is 14.9. The zero-order valence-electron chi connectivity index (χ0n) is 14.9. The first-order chi connectivity index (χ1) is 13.5. The Morgan fingerprint density at radius 2 is 1.86 bits per heavy atom. The third-order valence-electron chi connectivity index (χ3n) is 4.27. The van der Waals surface area contributed by atoms with E-state index in [0.717, 1.165) is 22.5 Å². The van der Waals surface area contributed by atoms with Crippen LogP contribution in [0.3, 0.4) is 0 Å². The first-order valence-corrected chi connectivity index (χ1v) is 8.95. The number of carbonyl (C=O) groups is 1. The van der Waals surface area contributed by atoms with Crippen LogP contribution in [-0.2, 0) is 0 Å². The van der Waals surface area contributed by atoms with Crippen LogP contribution < -0.4 is 10.6 Å². The van der Waals surface area contributed by atoms with Gasteiger partial charge in [0, 0.05) is 29.3 Å². The lowest BCUT2D eigenvalue weighted by molar-refractivity contribution is 0.262. The molecule has 2 N–H and O–H groups in total. The number of imidazole rings is 1. The summed E-state index contributed by atoms with van der Waals surface area (Å²) in [5, 5.41) is 5.33. The van der Waals surface area contributed by atoms with Gasteiger partial charge < -0.3 is 15.0 Å². The molecule has 4 aromatic rings. The van der Waals surface area contributed by atoms with Crippen LogP contribution in [0.4, 0.5) is 20.6 Å². The zero-order valence-corrected chi connectivity index (χ0v) is 15.7. The van der Waals surface area contributed by atoms with E-state index in [1.54, 1.807) is 6.07 Å². The number of urea groups is 1. The van der Waals surface area contributed by atoms with Crippen molar-refractivity contribution in [3.63, 3.8) is 0 Å². The highest BCUT2D eigenvalue weighted by Crippen LogP contribution is 2.24. The average molecular weight is 395 g/mol. The normalized spacial score (nSPS) is 10.8. The highest BCUT2D eigenvalue weighted by atomic mass is 35.5. The second-order valence-electron chi connectivity index (χ2n) is 6.34. The Labute approximate surface area is 165 Å². The van der Waals surface area contributed by atoms with E-state index in [1.807, 2.05) is 54.0 Å². The monoisotopic (exact) mass is 394 g/mol. The standard InChI is InChI=1S/C21H16ClFN4O/c1-13-4-3-9-27-12-19(26-20(13)27)14-5-2-6-15(10-14)24-21(28)25-16-7-8-18(23)17(22)11-16/h2-12H,1H3,(H2,24,25,28). The van der Waals surface area contributed by atoms with Gasteiger partial charge in [-0.2, -0.15) is 0 Å². The maximum atomic E-state index is 13.2. The third-order valence-corrected chi connectivity index (χ3v) is 4.56. The summed E-state index contributed by atoms with van der Waals surface area (Å²) in [5.41, 5.74) is 4.67.